The van der Waals surface area contributed by atoms with Crippen LogP contribution < -0.4 is 5.32 Å². The van der Waals surface area contributed by atoms with Gasteiger partial charge in [-0.1, -0.05) is 29.4 Å². The summed E-state index contributed by atoms with van der Waals surface area (Å²) < 4.78 is 1.82. The highest BCUT2D eigenvalue weighted by Crippen LogP contribution is 2.26. The standard InChI is InChI=1S/C20H15ClN6O3S/c1-2-9-26-19(13-3-5-15(21)6-4-13)24-25-20(26)31-12-18(28)23-17-8-7-16(27(29)30)10-14(17)11-22/h2-8,10H,1,9,12H2,(H,23,28). The van der Waals surface area contributed by atoms with E-state index in [1.54, 1.807) is 18.2 Å². The second kappa shape index (κ2) is 9.88. The van der Waals surface area contributed by atoms with Crippen molar-refractivity contribution in [1.82, 2.24) is 14.8 Å². The average molecular weight is 455 g/mol. The van der Waals surface area contributed by atoms with E-state index < -0.39 is 10.8 Å². The van der Waals surface area contributed by atoms with Crippen molar-refractivity contribution in [3.63, 3.8) is 0 Å². The first kappa shape index (κ1) is 22.0. The van der Waals surface area contributed by atoms with Crippen molar-refractivity contribution in [2.24, 2.45) is 0 Å². The molecule has 0 atom stereocenters. The van der Waals surface area contributed by atoms with E-state index in [9.17, 15) is 20.2 Å². The summed E-state index contributed by atoms with van der Waals surface area (Å²) in [5.41, 5.74) is 0.802. The predicted molar refractivity (Wildman–Crippen MR) is 118 cm³/mol. The molecule has 0 saturated heterocycles. The molecule has 0 radical (unpaired) electrons. The second-order valence-electron chi connectivity index (χ2n) is 6.15. The van der Waals surface area contributed by atoms with Gasteiger partial charge in [0.1, 0.15) is 6.07 Å². The van der Waals surface area contributed by atoms with E-state index >= 15 is 0 Å². The molecule has 0 bridgehead atoms. The summed E-state index contributed by atoms with van der Waals surface area (Å²) in [6, 6.07) is 12.7. The third kappa shape index (κ3) is 5.28. The minimum absolute atomic E-state index is 0.00223. The van der Waals surface area contributed by atoms with Crippen molar-refractivity contribution in [2.45, 2.75) is 11.7 Å². The topological polar surface area (TPSA) is 127 Å². The van der Waals surface area contributed by atoms with E-state index in [4.69, 9.17) is 11.6 Å². The Kier molecular flexibility index (Phi) is 7.02. The summed E-state index contributed by atoms with van der Waals surface area (Å²) in [4.78, 5) is 22.6. The number of nitriles is 1. The molecular weight excluding hydrogens is 440 g/mol. The van der Waals surface area contributed by atoms with Gasteiger partial charge in [0, 0.05) is 29.3 Å². The number of carbonyl (C=O) groups is 1. The van der Waals surface area contributed by atoms with Crippen LogP contribution >= 0.6 is 23.4 Å². The highest BCUT2D eigenvalue weighted by atomic mass is 35.5. The van der Waals surface area contributed by atoms with Crippen LogP contribution in [-0.4, -0.2) is 31.3 Å². The molecule has 3 rings (SSSR count). The van der Waals surface area contributed by atoms with Crippen LogP contribution in [0.15, 0.2) is 60.3 Å². The first-order valence-corrected chi connectivity index (χ1v) is 10.2. The number of anilines is 1. The number of allylic oxidation sites excluding steroid dienone is 1. The molecule has 0 saturated carbocycles. The number of nitro groups is 1. The van der Waals surface area contributed by atoms with Crippen LogP contribution in [0.5, 0.6) is 0 Å². The molecule has 3 aromatic rings. The first-order chi connectivity index (χ1) is 14.9. The minimum atomic E-state index is -0.604. The number of amides is 1. The van der Waals surface area contributed by atoms with Crippen LogP contribution in [0, 0.1) is 21.4 Å². The highest BCUT2D eigenvalue weighted by Gasteiger charge is 2.16. The molecular formula is C20H15ClN6O3S. The number of nitro benzene ring substituents is 1. The lowest BCUT2D eigenvalue weighted by Gasteiger charge is -2.09. The fourth-order valence-electron chi connectivity index (χ4n) is 2.67. The van der Waals surface area contributed by atoms with Crippen LogP contribution in [0.1, 0.15) is 5.56 Å². The molecule has 0 aliphatic heterocycles. The van der Waals surface area contributed by atoms with E-state index in [0.29, 0.717) is 22.5 Å². The maximum atomic E-state index is 12.4. The van der Waals surface area contributed by atoms with Gasteiger partial charge in [-0.2, -0.15) is 5.26 Å². The lowest BCUT2D eigenvalue weighted by molar-refractivity contribution is -0.384. The van der Waals surface area contributed by atoms with Crippen LogP contribution in [0.4, 0.5) is 11.4 Å². The van der Waals surface area contributed by atoms with E-state index in [1.165, 1.54) is 23.9 Å². The van der Waals surface area contributed by atoms with Gasteiger partial charge >= 0.3 is 0 Å². The molecule has 1 aromatic heterocycles. The Morgan fingerprint density at radius 3 is 2.71 bits per heavy atom. The van der Waals surface area contributed by atoms with Gasteiger partial charge in [0.05, 0.1) is 21.9 Å². The van der Waals surface area contributed by atoms with Crippen molar-refractivity contribution in [3.05, 3.63) is 75.8 Å². The number of aromatic nitrogens is 3. The van der Waals surface area contributed by atoms with Crippen molar-refractivity contribution < 1.29 is 9.72 Å². The fraction of sp³-hybridized carbons (Fsp3) is 0.100. The third-order valence-electron chi connectivity index (χ3n) is 4.07. The van der Waals surface area contributed by atoms with Crippen molar-refractivity contribution in [3.8, 4) is 17.5 Å². The van der Waals surface area contributed by atoms with Gasteiger partial charge in [-0.15, -0.1) is 16.8 Å². The second-order valence-corrected chi connectivity index (χ2v) is 7.53. The number of nitrogens with one attached hydrogen (secondary N) is 1. The molecule has 31 heavy (non-hydrogen) atoms. The van der Waals surface area contributed by atoms with Gasteiger partial charge in [0.2, 0.25) is 5.91 Å². The molecule has 1 N–H and O–H groups in total. The van der Waals surface area contributed by atoms with E-state index in [1.807, 2.05) is 22.8 Å². The number of non-ortho nitro benzene ring substituents is 1. The quantitative estimate of drug-likeness (QED) is 0.232. The van der Waals surface area contributed by atoms with Crippen molar-refractivity contribution in [2.75, 3.05) is 11.1 Å². The Bertz CT molecular complexity index is 1190. The number of rotatable bonds is 8. The number of benzene rings is 2. The number of hydrogen-bond acceptors (Lipinski definition) is 7. The van der Waals surface area contributed by atoms with Gasteiger partial charge in [-0.25, -0.2) is 0 Å². The average Bonchev–Trinajstić information content (AvgIpc) is 3.15. The van der Waals surface area contributed by atoms with Crippen LogP contribution in [-0.2, 0) is 11.3 Å². The number of carbonyl (C=O) groups excluding carboxylic acids is 1. The summed E-state index contributed by atoms with van der Waals surface area (Å²) in [7, 11) is 0. The van der Waals surface area contributed by atoms with Crippen molar-refractivity contribution in [1.29, 1.82) is 5.26 Å². The zero-order valence-electron chi connectivity index (χ0n) is 16.0. The van der Waals surface area contributed by atoms with Crippen LogP contribution in [0.2, 0.25) is 5.02 Å². The predicted octanol–water partition coefficient (Wildman–Crippen LogP) is 4.30. The lowest BCUT2D eigenvalue weighted by atomic mass is 10.1. The van der Waals surface area contributed by atoms with Crippen LogP contribution in [0.25, 0.3) is 11.4 Å². The number of halogens is 1. The maximum Gasteiger partial charge on any atom is 0.270 e. The molecule has 1 heterocycles. The smallest absolute Gasteiger partial charge is 0.270 e. The molecule has 11 heteroatoms. The number of hydrogen-bond donors (Lipinski definition) is 1. The van der Waals surface area contributed by atoms with Gasteiger partial charge in [-0.3, -0.25) is 19.5 Å². The summed E-state index contributed by atoms with van der Waals surface area (Å²) in [5, 5.41) is 32.1. The van der Waals surface area contributed by atoms with E-state index in [2.05, 4.69) is 22.1 Å². The van der Waals surface area contributed by atoms with Gasteiger partial charge in [0.25, 0.3) is 5.69 Å². The molecule has 0 aliphatic carbocycles. The number of nitrogens with zero attached hydrogens (tertiary/aromatic N) is 5. The molecule has 0 unspecified atom stereocenters. The number of thioether (sulfide) groups is 1. The Balaban J connectivity index is 1.73. The molecule has 0 aliphatic rings. The summed E-state index contributed by atoms with van der Waals surface area (Å²) in [5.74, 6) is 0.218. The molecule has 1 amide bonds. The Morgan fingerprint density at radius 1 is 1.32 bits per heavy atom. The maximum absolute atomic E-state index is 12.4. The first-order valence-electron chi connectivity index (χ1n) is 8.84. The molecule has 156 valence electrons. The van der Waals surface area contributed by atoms with Crippen LogP contribution in [0.3, 0.4) is 0 Å². The monoisotopic (exact) mass is 454 g/mol. The molecule has 2 aromatic carbocycles. The zero-order valence-corrected chi connectivity index (χ0v) is 17.6. The Labute approximate surface area is 186 Å². The molecule has 0 fully saturated rings. The highest BCUT2D eigenvalue weighted by molar-refractivity contribution is 7.99. The molecule has 9 nitrogen and oxygen atoms in total. The van der Waals surface area contributed by atoms with Gasteiger partial charge in [-0.05, 0) is 30.3 Å². The SMILES string of the molecule is C=CCn1c(SCC(=O)Nc2ccc([N+](=O)[O-])cc2C#N)nnc1-c1ccc(Cl)cc1. The lowest BCUT2D eigenvalue weighted by Crippen LogP contribution is -2.15. The molecule has 0 spiro atoms. The summed E-state index contributed by atoms with van der Waals surface area (Å²) in [6.07, 6.45) is 1.70. The van der Waals surface area contributed by atoms with E-state index in [-0.39, 0.29) is 22.7 Å². The largest absolute Gasteiger partial charge is 0.324 e. The Hall–Kier alpha value is -3.68. The summed E-state index contributed by atoms with van der Waals surface area (Å²) in [6.45, 7) is 4.19. The van der Waals surface area contributed by atoms with Gasteiger partial charge < -0.3 is 5.32 Å². The van der Waals surface area contributed by atoms with Gasteiger partial charge in [0.15, 0.2) is 11.0 Å². The van der Waals surface area contributed by atoms with E-state index in [0.717, 1.165) is 11.6 Å². The third-order valence-corrected chi connectivity index (χ3v) is 5.29. The Morgan fingerprint density at radius 2 is 2.06 bits per heavy atom. The zero-order chi connectivity index (χ0) is 22.4. The minimum Gasteiger partial charge on any atom is -0.324 e. The van der Waals surface area contributed by atoms with Crippen molar-refractivity contribution >= 4 is 40.6 Å². The fourth-order valence-corrected chi connectivity index (χ4v) is 3.54. The summed E-state index contributed by atoms with van der Waals surface area (Å²) >= 11 is 7.11. The normalized spacial score (nSPS) is 10.3.